The number of hydrogen-bond donors (Lipinski definition) is 0. The number of benzene rings is 1. The first-order valence-electron chi connectivity index (χ1n) is 5.14. The molecule has 2 rings (SSSR count). The Morgan fingerprint density at radius 2 is 2.20 bits per heavy atom. The van der Waals surface area contributed by atoms with Crippen LogP contribution in [0.5, 0.6) is 0 Å². The van der Waals surface area contributed by atoms with Gasteiger partial charge in [0.25, 0.3) is 0 Å². The number of rotatable bonds is 2. The van der Waals surface area contributed by atoms with E-state index in [-0.39, 0.29) is 11.9 Å². The lowest BCUT2D eigenvalue weighted by Crippen LogP contribution is -2.16. The fraction of sp³-hybridized carbons (Fsp3) is 0.500. The molecule has 1 unspecified atom stereocenters. The van der Waals surface area contributed by atoms with E-state index in [4.69, 9.17) is 9.47 Å². The Labute approximate surface area is 98.7 Å². The largest absolute Gasteiger partial charge is 0.349 e. The predicted molar refractivity (Wildman–Crippen MR) is 62.6 cm³/mol. The molecule has 3 heteroatoms. The van der Waals surface area contributed by atoms with E-state index in [1.165, 1.54) is 5.56 Å². The normalized spacial score (nSPS) is 22.8. The molecule has 1 aliphatic rings. The van der Waals surface area contributed by atoms with Crippen molar-refractivity contribution < 1.29 is 9.47 Å². The van der Waals surface area contributed by atoms with E-state index >= 15 is 0 Å². The Morgan fingerprint density at radius 3 is 2.87 bits per heavy atom. The van der Waals surface area contributed by atoms with Gasteiger partial charge in [-0.15, -0.1) is 0 Å². The third-order valence-corrected chi connectivity index (χ3v) is 3.13. The Balaban J connectivity index is 2.43. The topological polar surface area (TPSA) is 18.5 Å². The summed E-state index contributed by atoms with van der Waals surface area (Å²) in [6.07, 6.45) is -0.215. The molecule has 0 saturated carbocycles. The SMILES string of the molecule is CCOC1OC(C)(C)c2cc(Br)ccc21. The summed E-state index contributed by atoms with van der Waals surface area (Å²) in [6, 6.07) is 6.19. The molecule has 0 aromatic heterocycles. The molecule has 1 aliphatic heterocycles. The van der Waals surface area contributed by atoms with Gasteiger partial charge in [-0.1, -0.05) is 22.0 Å². The molecule has 82 valence electrons. The van der Waals surface area contributed by atoms with Crippen molar-refractivity contribution in [3.05, 3.63) is 33.8 Å². The smallest absolute Gasteiger partial charge is 0.185 e. The summed E-state index contributed by atoms with van der Waals surface area (Å²) in [5.74, 6) is 0. The summed E-state index contributed by atoms with van der Waals surface area (Å²) < 4.78 is 12.5. The molecular weight excluding hydrogens is 256 g/mol. The molecule has 1 aromatic rings. The molecule has 15 heavy (non-hydrogen) atoms. The predicted octanol–water partition coefficient (Wildman–Crippen LogP) is 3.75. The Kier molecular flexibility index (Phi) is 2.88. The van der Waals surface area contributed by atoms with E-state index in [2.05, 4.69) is 41.9 Å². The number of halogens is 1. The van der Waals surface area contributed by atoms with E-state index < -0.39 is 0 Å². The van der Waals surface area contributed by atoms with Gasteiger partial charge in [-0.25, -0.2) is 0 Å². The third-order valence-electron chi connectivity index (χ3n) is 2.64. The van der Waals surface area contributed by atoms with Crippen molar-refractivity contribution in [3.8, 4) is 0 Å². The van der Waals surface area contributed by atoms with E-state index in [0.717, 1.165) is 10.0 Å². The molecule has 1 atom stereocenters. The van der Waals surface area contributed by atoms with Crippen LogP contribution in [0.2, 0.25) is 0 Å². The molecule has 0 bridgehead atoms. The van der Waals surface area contributed by atoms with Crippen LogP contribution >= 0.6 is 15.9 Å². The van der Waals surface area contributed by atoms with E-state index in [0.29, 0.717) is 6.61 Å². The minimum Gasteiger partial charge on any atom is -0.349 e. The van der Waals surface area contributed by atoms with Crippen LogP contribution in [0, 0.1) is 0 Å². The van der Waals surface area contributed by atoms with Crippen molar-refractivity contribution in [2.45, 2.75) is 32.7 Å². The highest BCUT2D eigenvalue weighted by atomic mass is 79.9. The molecule has 0 radical (unpaired) electrons. The summed E-state index contributed by atoms with van der Waals surface area (Å²) in [4.78, 5) is 0. The van der Waals surface area contributed by atoms with Crippen LogP contribution in [-0.2, 0) is 15.1 Å². The molecule has 1 aromatic carbocycles. The molecule has 2 nitrogen and oxygen atoms in total. The summed E-state index contributed by atoms with van der Waals surface area (Å²) in [7, 11) is 0. The van der Waals surface area contributed by atoms with Crippen LogP contribution < -0.4 is 0 Å². The third kappa shape index (κ3) is 1.96. The standard InChI is InChI=1S/C12H15BrO2/c1-4-14-11-9-6-5-8(13)7-10(9)12(2,3)15-11/h5-7,11H,4H2,1-3H3. The van der Waals surface area contributed by atoms with Crippen molar-refractivity contribution in [3.63, 3.8) is 0 Å². The molecule has 0 spiro atoms. The number of hydrogen-bond acceptors (Lipinski definition) is 2. The van der Waals surface area contributed by atoms with Gasteiger partial charge in [-0.2, -0.15) is 0 Å². The van der Waals surface area contributed by atoms with Crippen molar-refractivity contribution in [2.24, 2.45) is 0 Å². The first-order valence-corrected chi connectivity index (χ1v) is 5.93. The van der Waals surface area contributed by atoms with Gasteiger partial charge >= 0.3 is 0 Å². The van der Waals surface area contributed by atoms with E-state index in [1.54, 1.807) is 0 Å². The maximum atomic E-state index is 5.87. The lowest BCUT2D eigenvalue weighted by Gasteiger charge is -2.20. The lowest BCUT2D eigenvalue weighted by molar-refractivity contribution is -0.186. The van der Waals surface area contributed by atoms with Crippen molar-refractivity contribution >= 4 is 15.9 Å². The quantitative estimate of drug-likeness (QED) is 0.815. The number of ether oxygens (including phenoxy) is 2. The van der Waals surface area contributed by atoms with Gasteiger partial charge in [0.1, 0.15) is 0 Å². The summed E-state index contributed by atoms with van der Waals surface area (Å²) in [6.45, 7) is 6.78. The van der Waals surface area contributed by atoms with Crippen LogP contribution in [0.15, 0.2) is 22.7 Å². The minimum atomic E-state index is -0.265. The Hall–Kier alpha value is -0.380. The molecule has 1 heterocycles. The minimum absolute atomic E-state index is 0.215. The highest BCUT2D eigenvalue weighted by Gasteiger charge is 2.38. The molecule has 0 saturated heterocycles. The second kappa shape index (κ2) is 3.89. The van der Waals surface area contributed by atoms with Gasteiger partial charge in [0.2, 0.25) is 0 Å². The average Bonchev–Trinajstić information content (AvgIpc) is 2.39. The Bertz CT molecular complexity index is 374. The first-order chi connectivity index (χ1) is 7.04. The van der Waals surface area contributed by atoms with Crippen LogP contribution in [0.3, 0.4) is 0 Å². The lowest BCUT2D eigenvalue weighted by atomic mass is 9.96. The molecule has 0 amide bonds. The maximum Gasteiger partial charge on any atom is 0.185 e. The monoisotopic (exact) mass is 270 g/mol. The zero-order valence-electron chi connectivity index (χ0n) is 9.21. The summed E-state index contributed by atoms with van der Waals surface area (Å²) in [5, 5.41) is 0. The highest BCUT2D eigenvalue weighted by Crippen LogP contribution is 2.44. The van der Waals surface area contributed by atoms with Gasteiger partial charge in [0, 0.05) is 16.6 Å². The van der Waals surface area contributed by atoms with Gasteiger partial charge < -0.3 is 9.47 Å². The highest BCUT2D eigenvalue weighted by molar-refractivity contribution is 9.10. The fourth-order valence-electron chi connectivity index (χ4n) is 1.93. The fourth-order valence-corrected chi connectivity index (χ4v) is 2.29. The van der Waals surface area contributed by atoms with Gasteiger partial charge in [0.15, 0.2) is 6.29 Å². The first kappa shape index (κ1) is 11.1. The van der Waals surface area contributed by atoms with Crippen LogP contribution in [-0.4, -0.2) is 6.61 Å². The number of fused-ring (bicyclic) bond motifs is 1. The molecule has 0 aliphatic carbocycles. The van der Waals surface area contributed by atoms with E-state index in [9.17, 15) is 0 Å². The van der Waals surface area contributed by atoms with Crippen LogP contribution in [0.1, 0.15) is 38.2 Å². The zero-order chi connectivity index (χ0) is 11.1. The van der Waals surface area contributed by atoms with Crippen LogP contribution in [0.25, 0.3) is 0 Å². The van der Waals surface area contributed by atoms with Gasteiger partial charge in [0.05, 0.1) is 5.60 Å². The second-order valence-corrected chi connectivity index (χ2v) is 5.06. The van der Waals surface area contributed by atoms with Crippen molar-refractivity contribution in [2.75, 3.05) is 6.61 Å². The summed E-state index contributed by atoms with van der Waals surface area (Å²) in [5.41, 5.74) is 2.08. The zero-order valence-corrected chi connectivity index (χ0v) is 10.8. The van der Waals surface area contributed by atoms with Gasteiger partial charge in [-0.05, 0) is 38.5 Å². The van der Waals surface area contributed by atoms with Gasteiger partial charge in [-0.3, -0.25) is 0 Å². The second-order valence-electron chi connectivity index (χ2n) is 4.15. The molecule has 0 fully saturated rings. The van der Waals surface area contributed by atoms with Crippen LogP contribution in [0.4, 0.5) is 0 Å². The van der Waals surface area contributed by atoms with Crippen molar-refractivity contribution in [1.29, 1.82) is 0 Å². The molecular formula is C12H15BrO2. The van der Waals surface area contributed by atoms with Crippen molar-refractivity contribution in [1.82, 2.24) is 0 Å². The average molecular weight is 271 g/mol. The maximum absolute atomic E-state index is 5.87. The summed E-state index contributed by atoms with van der Waals surface area (Å²) >= 11 is 3.48. The van der Waals surface area contributed by atoms with E-state index in [1.807, 2.05) is 13.0 Å². The Morgan fingerprint density at radius 1 is 1.47 bits per heavy atom. The molecule has 0 N–H and O–H groups in total.